The molecule has 4 aliphatic rings. The van der Waals surface area contributed by atoms with E-state index in [-0.39, 0.29) is 6.04 Å². The summed E-state index contributed by atoms with van der Waals surface area (Å²) in [5, 5.41) is 0. The van der Waals surface area contributed by atoms with E-state index in [1.54, 1.807) is 0 Å². The van der Waals surface area contributed by atoms with Crippen LogP contribution >= 0.6 is 0 Å². The Labute approximate surface area is 126 Å². The Morgan fingerprint density at radius 2 is 2.10 bits per heavy atom. The fourth-order valence-electron chi connectivity index (χ4n) is 4.04. The zero-order valence-electron chi connectivity index (χ0n) is 12.4. The number of hydrogen-bond donors (Lipinski definition) is 2. The lowest BCUT2D eigenvalue weighted by Gasteiger charge is -2.50. The third kappa shape index (κ3) is 2.34. The highest BCUT2D eigenvalue weighted by atomic mass is 16.5. The van der Waals surface area contributed by atoms with Crippen molar-refractivity contribution in [2.75, 3.05) is 39.3 Å². The Morgan fingerprint density at radius 1 is 1.24 bits per heavy atom. The molecule has 2 atom stereocenters. The van der Waals surface area contributed by atoms with Gasteiger partial charge in [-0.25, -0.2) is 0 Å². The average molecular weight is 288 g/mol. The Morgan fingerprint density at radius 3 is 2.81 bits per heavy atom. The third-order valence-electron chi connectivity index (χ3n) is 5.18. The van der Waals surface area contributed by atoms with Crippen molar-refractivity contribution < 1.29 is 4.74 Å². The monoisotopic (exact) mass is 288 g/mol. The van der Waals surface area contributed by atoms with Gasteiger partial charge in [-0.05, 0) is 18.4 Å². The Balaban J connectivity index is 1.67. The van der Waals surface area contributed by atoms with Crippen molar-refractivity contribution in [2.24, 2.45) is 5.84 Å². The van der Waals surface area contributed by atoms with Crippen LogP contribution in [0, 0.1) is 0 Å². The van der Waals surface area contributed by atoms with Gasteiger partial charge in [-0.3, -0.25) is 21.1 Å². The van der Waals surface area contributed by atoms with Gasteiger partial charge in [0, 0.05) is 44.3 Å². The molecule has 114 valence electrons. The summed E-state index contributed by atoms with van der Waals surface area (Å²) in [6.45, 7) is 6.60. The number of nitrogens with one attached hydrogen (secondary N) is 1. The first-order chi connectivity index (χ1) is 10.4. The first kappa shape index (κ1) is 13.5. The first-order valence-corrected chi connectivity index (χ1v) is 8.04. The lowest BCUT2D eigenvalue weighted by molar-refractivity contribution is -0.00415. The van der Waals surface area contributed by atoms with Crippen molar-refractivity contribution in [3.8, 4) is 5.75 Å². The van der Waals surface area contributed by atoms with Crippen LogP contribution in [-0.2, 0) is 6.42 Å². The Kier molecular flexibility index (Phi) is 3.59. The van der Waals surface area contributed by atoms with Crippen LogP contribution in [0.3, 0.4) is 0 Å². The fourth-order valence-corrected chi connectivity index (χ4v) is 4.04. The van der Waals surface area contributed by atoms with Gasteiger partial charge in [0.15, 0.2) is 0 Å². The van der Waals surface area contributed by atoms with E-state index in [0.29, 0.717) is 6.04 Å². The maximum Gasteiger partial charge on any atom is 0.127 e. The molecular formula is C16H24N4O. The van der Waals surface area contributed by atoms with E-state index in [1.807, 2.05) is 0 Å². The van der Waals surface area contributed by atoms with Crippen molar-refractivity contribution in [1.29, 1.82) is 0 Å². The number of hydrazine groups is 1. The second-order valence-corrected chi connectivity index (χ2v) is 6.34. The smallest absolute Gasteiger partial charge is 0.127 e. The van der Waals surface area contributed by atoms with Crippen molar-refractivity contribution in [3.05, 3.63) is 29.3 Å². The van der Waals surface area contributed by atoms with Gasteiger partial charge in [-0.1, -0.05) is 18.2 Å². The SMILES string of the molecule is NNC(c1cccc2c1OCCC2)C1CN2CCN1CC2. The number of benzene rings is 1. The number of rotatable bonds is 3. The molecule has 2 bridgehead atoms. The number of para-hydroxylation sites is 1. The summed E-state index contributed by atoms with van der Waals surface area (Å²) >= 11 is 0. The second-order valence-electron chi connectivity index (χ2n) is 6.34. The van der Waals surface area contributed by atoms with Gasteiger partial charge >= 0.3 is 0 Å². The third-order valence-corrected chi connectivity index (χ3v) is 5.18. The quantitative estimate of drug-likeness (QED) is 0.627. The van der Waals surface area contributed by atoms with Gasteiger partial charge in [-0.15, -0.1) is 0 Å². The van der Waals surface area contributed by atoms with Crippen LogP contribution in [0.25, 0.3) is 0 Å². The molecule has 5 heteroatoms. The van der Waals surface area contributed by atoms with E-state index in [2.05, 4.69) is 33.4 Å². The summed E-state index contributed by atoms with van der Waals surface area (Å²) in [5.74, 6) is 7.02. The van der Waals surface area contributed by atoms with Crippen LogP contribution in [0.5, 0.6) is 5.75 Å². The molecule has 0 aromatic heterocycles. The fraction of sp³-hybridized carbons (Fsp3) is 0.625. The van der Waals surface area contributed by atoms with E-state index in [0.717, 1.165) is 44.8 Å². The highest BCUT2D eigenvalue weighted by molar-refractivity contribution is 5.45. The number of fused-ring (bicyclic) bond motifs is 4. The van der Waals surface area contributed by atoms with Crippen LogP contribution in [0.1, 0.15) is 23.6 Å². The molecule has 3 N–H and O–H groups in total. The van der Waals surface area contributed by atoms with Crippen molar-refractivity contribution in [3.63, 3.8) is 0 Å². The molecule has 1 aromatic rings. The van der Waals surface area contributed by atoms with E-state index >= 15 is 0 Å². The molecule has 5 rings (SSSR count). The average Bonchev–Trinajstić information content (AvgIpc) is 2.57. The lowest BCUT2D eigenvalue weighted by atomic mass is 9.91. The largest absolute Gasteiger partial charge is 0.493 e. The highest BCUT2D eigenvalue weighted by Crippen LogP contribution is 2.36. The molecule has 0 aliphatic carbocycles. The lowest BCUT2D eigenvalue weighted by Crippen LogP contribution is -2.64. The molecule has 0 saturated carbocycles. The number of aryl methyl sites for hydroxylation is 1. The zero-order chi connectivity index (χ0) is 14.2. The Bertz CT molecular complexity index is 513. The zero-order valence-corrected chi connectivity index (χ0v) is 12.4. The second kappa shape index (κ2) is 5.57. The highest BCUT2D eigenvalue weighted by Gasteiger charge is 2.38. The molecule has 1 aromatic carbocycles. The van der Waals surface area contributed by atoms with Crippen LogP contribution in [0.2, 0.25) is 0 Å². The van der Waals surface area contributed by atoms with Crippen LogP contribution in [-0.4, -0.2) is 55.2 Å². The van der Waals surface area contributed by atoms with Crippen molar-refractivity contribution in [1.82, 2.24) is 15.2 Å². The van der Waals surface area contributed by atoms with Gasteiger partial charge in [0.25, 0.3) is 0 Å². The minimum atomic E-state index is 0.140. The number of ether oxygens (including phenoxy) is 1. The van der Waals surface area contributed by atoms with Gasteiger partial charge in [0.05, 0.1) is 12.6 Å². The first-order valence-electron chi connectivity index (χ1n) is 8.04. The van der Waals surface area contributed by atoms with Crippen molar-refractivity contribution in [2.45, 2.75) is 24.9 Å². The number of nitrogens with two attached hydrogens (primary N) is 1. The predicted molar refractivity (Wildman–Crippen MR) is 82.1 cm³/mol. The number of nitrogens with zero attached hydrogens (tertiary/aromatic N) is 2. The molecule has 2 unspecified atom stereocenters. The summed E-state index contributed by atoms with van der Waals surface area (Å²) in [6, 6.07) is 7.08. The van der Waals surface area contributed by atoms with Gasteiger partial charge < -0.3 is 4.74 Å². The molecule has 21 heavy (non-hydrogen) atoms. The topological polar surface area (TPSA) is 53.8 Å². The summed E-state index contributed by atoms with van der Waals surface area (Å²) in [7, 11) is 0. The molecular weight excluding hydrogens is 264 g/mol. The molecule has 0 radical (unpaired) electrons. The summed E-state index contributed by atoms with van der Waals surface area (Å²) in [6.07, 6.45) is 2.22. The van der Waals surface area contributed by atoms with E-state index in [9.17, 15) is 0 Å². The van der Waals surface area contributed by atoms with Crippen LogP contribution < -0.4 is 16.0 Å². The molecule has 5 nitrogen and oxygen atoms in total. The molecule has 4 heterocycles. The molecule has 3 saturated heterocycles. The number of piperazine rings is 3. The number of hydrogen-bond acceptors (Lipinski definition) is 5. The summed E-state index contributed by atoms with van der Waals surface area (Å²) < 4.78 is 5.98. The van der Waals surface area contributed by atoms with Gasteiger partial charge in [0.2, 0.25) is 0 Å². The normalized spacial score (nSPS) is 32.3. The van der Waals surface area contributed by atoms with Gasteiger partial charge in [-0.2, -0.15) is 0 Å². The Hall–Kier alpha value is -1.14. The van der Waals surface area contributed by atoms with Gasteiger partial charge in [0.1, 0.15) is 5.75 Å². The van der Waals surface area contributed by atoms with E-state index < -0.39 is 0 Å². The minimum Gasteiger partial charge on any atom is -0.493 e. The van der Waals surface area contributed by atoms with Crippen molar-refractivity contribution >= 4 is 0 Å². The molecule has 0 spiro atoms. The molecule has 4 aliphatic heterocycles. The molecule has 0 amide bonds. The maximum atomic E-state index is 5.98. The maximum absolute atomic E-state index is 5.98. The standard InChI is InChI=1S/C16H24N4O/c17-18-15(14-11-19-6-8-20(14)9-7-19)13-5-1-3-12-4-2-10-21-16(12)13/h1,3,5,14-15,18H,2,4,6-11,17H2. The summed E-state index contributed by atoms with van der Waals surface area (Å²) in [5.41, 5.74) is 5.63. The van der Waals surface area contributed by atoms with E-state index in [1.165, 1.54) is 24.2 Å². The van der Waals surface area contributed by atoms with Crippen LogP contribution in [0.4, 0.5) is 0 Å². The summed E-state index contributed by atoms with van der Waals surface area (Å²) in [4.78, 5) is 5.12. The van der Waals surface area contributed by atoms with E-state index in [4.69, 9.17) is 10.6 Å². The van der Waals surface area contributed by atoms with Crippen LogP contribution in [0.15, 0.2) is 18.2 Å². The predicted octanol–water partition coefficient (Wildman–Crippen LogP) is 0.516. The minimum absolute atomic E-state index is 0.140. The molecule has 3 fully saturated rings.